The van der Waals surface area contributed by atoms with E-state index in [1.54, 1.807) is 18.2 Å². The highest BCUT2D eigenvalue weighted by Crippen LogP contribution is 2.36. The van der Waals surface area contributed by atoms with Crippen LogP contribution in [0.5, 0.6) is 11.5 Å². The summed E-state index contributed by atoms with van der Waals surface area (Å²) in [5.41, 5.74) is -0.342. The van der Waals surface area contributed by atoms with Crippen molar-refractivity contribution in [2.24, 2.45) is 5.92 Å². The van der Waals surface area contributed by atoms with Crippen LogP contribution in [0.15, 0.2) is 41.8 Å². The minimum Gasteiger partial charge on any atom is -0.454 e. The molecule has 1 aromatic heterocycles. The lowest BCUT2D eigenvalue weighted by molar-refractivity contribution is -0.141. The van der Waals surface area contributed by atoms with Gasteiger partial charge in [-0.1, -0.05) is 18.2 Å². The first-order valence-electron chi connectivity index (χ1n) is 10.1. The summed E-state index contributed by atoms with van der Waals surface area (Å²) < 4.78 is 50.6. The van der Waals surface area contributed by atoms with E-state index in [-0.39, 0.29) is 30.8 Å². The van der Waals surface area contributed by atoms with Gasteiger partial charge >= 0.3 is 6.18 Å². The van der Waals surface area contributed by atoms with Gasteiger partial charge in [-0.15, -0.1) is 11.8 Å². The third-order valence-corrected chi connectivity index (χ3v) is 5.63. The molecular weight excluding hydrogens is 443 g/mol. The van der Waals surface area contributed by atoms with Crippen molar-refractivity contribution in [2.75, 3.05) is 18.4 Å². The van der Waals surface area contributed by atoms with Gasteiger partial charge in [0.05, 0.1) is 11.6 Å². The molecule has 2 aliphatic rings. The van der Waals surface area contributed by atoms with Gasteiger partial charge in [-0.2, -0.15) is 13.2 Å². The summed E-state index contributed by atoms with van der Waals surface area (Å²) in [6.07, 6.45) is 1.20. The average Bonchev–Trinajstić information content (AvgIpc) is 3.50. The number of carbonyl (C=O) groups excluding carboxylic acids is 1. The molecule has 4 rings (SSSR count). The van der Waals surface area contributed by atoms with Gasteiger partial charge in [-0.3, -0.25) is 4.79 Å². The van der Waals surface area contributed by atoms with Gasteiger partial charge in [0.15, 0.2) is 11.5 Å². The van der Waals surface area contributed by atoms with E-state index >= 15 is 0 Å². The lowest BCUT2D eigenvalue weighted by Crippen LogP contribution is -2.35. The first kappa shape index (κ1) is 22.3. The fourth-order valence-electron chi connectivity index (χ4n) is 3.41. The molecule has 0 spiro atoms. The Labute approximate surface area is 187 Å². The molecule has 1 atom stereocenters. The molecule has 2 heterocycles. The normalized spacial score (nSPS) is 16.2. The number of aromatic nitrogens is 1. The highest BCUT2D eigenvalue weighted by Gasteiger charge is 2.35. The fourth-order valence-corrected chi connectivity index (χ4v) is 3.74. The molecule has 0 unspecified atom stereocenters. The third kappa shape index (κ3) is 5.12. The molecule has 2 aromatic rings. The molecule has 0 saturated heterocycles. The minimum atomic E-state index is -4.63. The predicted molar refractivity (Wildman–Crippen MR) is 116 cm³/mol. The second kappa shape index (κ2) is 9.32. The zero-order chi connectivity index (χ0) is 22.7. The minimum absolute atomic E-state index is 0.0472. The van der Waals surface area contributed by atoms with E-state index in [0.717, 1.165) is 25.0 Å². The van der Waals surface area contributed by atoms with Gasteiger partial charge in [-0.05, 0) is 48.6 Å². The van der Waals surface area contributed by atoms with Crippen LogP contribution in [0.4, 0.5) is 19.0 Å². The molecule has 1 saturated carbocycles. The van der Waals surface area contributed by atoms with Crippen LogP contribution in [0.25, 0.3) is 0 Å². The number of hydrogen-bond acceptors (Lipinski definition) is 6. The Morgan fingerprint density at radius 3 is 2.81 bits per heavy atom. The van der Waals surface area contributed by atoms with Crippen LogP contribution in [0, 0.1) is 5.92 Å². The third-order valence-electron chi connectivity index (χ3n) is 5.20. The first-order chi connectivity index (χ1) is 15.4. The average molecular weight is 465 g/mol. The second-order valence-corrected chi connectivity index (χ2v) is 8.24. The van der Waals surface area contributed by atoms with Gasteiger partial charge in [0.2, 0.25) is 6.79 Å². The summed E-state index contributed by atoms with van der Waals surface area (Å²) in [5.74, 6) is 0.804. The van der Waals surface area contributed by atoms with Crippen molar-refractivity contribution in [1.29, 1.82) is 0 Å². The first-order valence-corrected chi connectivity index (χ1v) is 11.4. The SMILES string of the molecule is CS/C=C/[C@@H](NC(=O)c1ccc(C(F)(F)F)nc1NCc1cccc2c1OCO2)C1CC1. The quantitative estimate of drug-likeness (QED) is 0.582. The maximum atomic E-state index is 13.3. The summed E-state index contributed by atoms with van der Waals surface area (Å²) in [4.78, 5) is 16.7. The Balaban J connectivity index is 1.58. The molecule has 1 fully saturated rings. The number of thioether (sulfide) groups is 1. The zero-order valence-corrected chi connectivity index (χ0v) is 18.1. The molecule has 32 heavy (non-hydrogen) atoms. The van der Waals surface area contributed by atoms with E-state index < -0.39 is 17.8 Å². The maximum Gasteiger partial charge on any atom is 0.433 e. The van der Waals surface area contributed by atoms with E-state index in [9.17, 15) is 18.0 Å². The predicted octanol–water partition coefficient (Wildman–Crippen LogP) is 4.83. The Kier molecular flexibility index (Phi) is 6.50. The van der Waals surface area contributed by atoms with Crippen molar-refractivity contribution in [1.82, 2.24) is 10.3 Å². The van der Waals surface area contributed by atoms with Crippen LogP contribution < -0.4 is 20.1 Å². The molecule has 1 amide bonds. The Morgan fingerprint density at radius 2 is 2.09 bits per heavy atom. The molecule has 0 radical (unpaired) electrons. The van der Waals surface area contributed by atoms with Crippen LogP contribution in [-0.4, -0.2) is 30.0 Å². The van der Waals surface area contributed by atoms with Gasteiger partial charge in [0, 0.05) is 12.1 Å². The van der Waals surface area contributed by atoms with Crippen LogP contribution in [0.1, 0.15) is 34.5 Å². The fraction of sp³-hybridized carbons (Fsp3) is 0.364. The molecule has 1 aliphatic heterocycles. The number of nitrogens with one attached hydrogen (secondary N) is 2. The van der Waals surface area contributed by atoms with E-state index in [1.807, 2.05) is 17.7 Å². The topological polar surface area (TPSA) is 72.5 Å². The Bertz CT molecular complexity index is 1030. The summed E-state index contributed by atoms with van der Waals surface area (Å²) in [7, 11) is 0. The molecule has 6 nitrogen and oxygen atoms in total. The van der Waals surface area contributed by atoms with Crippen molar-refractivity contribution in [3.8, 4) is 11.5 Å². The molecule has 1 aromatic carbocycles. The number of amides is 1. The number of halogens is 3. The number of benzene rings is 1. The number of ether oxygens (including phenoxy) is 2. The van der Waals surface area contributed by atoms with E-state index in [2.05, 4.69) is 15.6 Å². The molecule has 1 aliphatic carbocycles. The lowest BCUT2D eigenvalue weighted by Gasteiger charge is -2.18. The van der Waals surface area contributed by atoms with Crippen LogP contribution in [0.2, 0.25) is 0 Å². The van der Waals surface area contributed by atoms with Gasteiger partial charge in [0.1, 0.15) is 11.5 Å². The summed E-state index contributed by atoms with van der Waals surface area (Å²) in [6, 6.07) is 7.08. The molecule has 2 N–H and O–H groups in total. The number of hydrogen-bond donors (Lipinski definition) is 2. The van der Waals surface area contributed by atoms with Crippen LogP contribution in [0.3, 0.4) is 0 Å². The van der Waals surface area contributed by atoms with Gasteiger partial charge < -0.3 is 20.1 Å². The monoisotopic (exact) mass is 465 g/mol. The van der Waals surface area contributed by atoms with E-state index in [4.69, 9.17) is 9.47 Å². The van der Waals surface area contributed by atoms with E-state index in [0.29, 0.717) is 23.0 Å². The number of anilines is 1. The number of fused-ring (bicyclic) bond motifs is 1. The number of carbonyl (C=O) groups is 1. The summed E-state index contributed by atoms with van der Waals surface area (Å²) >= 11 is 1.52. The second-order valence-electron chi connectivity index (χ2n) is 7.50. The summed E-state index contributed by atoms with van der Waals surface area (Å²) in [5, 5.41) is 7.70. The van der Waals surface area contributed by atoms with Gasteiger partial charge in [-0.25, -0.2) is 4.98 Å². The lowest BCUT2D eigenvalue weighted by atomic mass is 10.1. The number of pyridine rings is 1. The Morgan fingerprint density at radius 1 is 1.28 bits per heavy atom. The number of rotatable bonds is 8. The summed E-state index contributed by atoms with van der Waals surface area (Å²) in [6.45, 7) is 0.188. The highest BCUT2D eigenvalue weighted by atomic mass is 32.2. The standard InChI is InChI=1S/C22H22F3N3O3S/c1-32-10-9-16(13-5-6-13)27-21(29)15-7-8-18(22(23,24)25)28-20(15)26-11-14-3-2-4-17-19(14)31-12-30-17/h2-4,7-10,13,16H,5-6,11-12H2,1H3,(H,26,28)(H,27,29)/b10-9+/t16-/m1/s1. The van der Waals surface area contributed by atoms with Crippen molar-refractivity contribution in [3.05, 3.63) is 58.6 Å². The van der Waals surface area contributed by atoms with Crippen molar-refractivity contribution in [2.45, 2.75) is 31.6 Å². The molecule has 0 bridgehead atoms. The number of nitrogens with zero attached hydrogens (tertiary/aromatic N) is 1. The Hall–Kier alpha value is -2.88. The van der Waals surface area contributed by atoms with Crippen molar-refractivity contribution < 1.29 is 27.4 Å². The maximum absolute atomic E-state index is 13.3. The van der Waals surface area contributed by atoms with E-state index in [1.165, 1.54) is 11.8 Å². The molecule has 10 heteroatoms. The van der Waals surface area contributed by atoms with Crippen LogP contribution >= 0.6 is 11.8 Å². The molecular formula is C22H22F3N3O3S. The largest absolute Gasteiger partial charge is 0.454 e. The van der Waals surface area contributed by atoms with Crippen molar-refractivity contribution in [3.63, 3.8) is 0 Å². The number of alkyl halides is 3. The highest BCUT2D eigenvalue weighted by molar-refractivity contribution is 8.01. The zero-order valence-electron chi connectivity index (χ0n) is 17.2. The number of para-hydroxylation sites is 1. The van der Waals surface area contributed by atoms with Crippen molar-refractivity contribution >= 4 is 23.5 Å². The van der Waals surface area contributed by atoms with Crippen LogP contribution in [-0.2, 0) is 12.7 Å². The van der Waals surface area contributed by atoms with Gasteiger partial charge in [0.25, 0.3) is 5.91 Å². The molecule has 170 valence electrons. The smallest absolute Gasteiger partial charge is 0.433 e.